The zero-order valence-electron chi connectivity index (χ0n) is 16.0. The van der Waals surface area contributed by atoms with E-state index in [1.165, 1.54) is 0 Å². The van der Waals surface area contributed by atoms with E-state index in [1.807, 2.05) is 66.5 Å². The van der Waals surface area contributed by atoms with Gasteiger partial charge >= 0.3 is 6.03 Å². The summed E-state index contributed by atoms with van der Waals surface area (Å²) in [5.74, 6) is 0.759. The van der Waals surface area contributed by atoms with Crippen LogP contribution in [0.1, 0.15) is 17.2 Å². The number of aryl methyl sites for hydroxylation is 3. The quantitative estimate of drug-likeness (QED) is 0.574. The number of carbonyl (C=O) groups excluding carboxylic acids is 1. The second-order valence-electron chi connectivity index (χ2n) is 6.65. The summed E-state index contributed by atoms with van der Waals surface area (Å²) >= 11 is 0. The zero-order valence-corrected chi connectivity index (χ0v) is 16.0. The molecule has 0 unspecified atom stereocenters. The SMILES string of the molecule is Cc1cc(C)n(-c2cccc(NC(=O)NCc3nc4cnccc4n3C)c2)n1. The number of nitrogens with one attached hydrogen (secondary N) is 2. The third-order valence-electron chi connectivity index (χ3n) is 4.54. The highest BCUT2D eigenvalue weighted by molar-refractivity contribution is 5.89. The number of urea groups is 1. The summed E-state index contributed by atoms with van der Waals surface area (Å²) in [6, 6.07) is 11.2. The minimum absolute atomic E-state index is 0.296. The van der Waals surface area contributed by atoms with Gasteiger partial charge in [-0.3, -0.25) is 4.98 Å². The van der Waals surface area contributed by atoms with Crippen LogP contribution in [0.3, 0.4) is 0 Å². The van der Waals surface area contributed by atoms with Crippen molar-refractivity contribution in [2.24, 2.45) is 7.05 Å². The Kier molecular flexibility index (Phi) is 4.52. The number of imidazole rings is 1. The van der Waals surface area contributed by atoms with Crippen LogP contribution in [0.25, 0.3) is 16.7 Å². The summed E-state index contributed by atoms with van der Waals surface area (Å²) < 4.78 is 3.80. The summed E-state index contributed by atoms with van der Waals surface area (Å²) in [5.41, 5.74) is 5.36. The van der Waals surface area contributed by atoms with Crippen molar-refractivity contribution in [2.75, 3.05) is 5.32 Å². The highest BCUT2D eigenvalue weighted by Gasteiger charge is 2.10. The number of nitrogens with zero attached hydrogens (tertiary/aromatic N) is 5. The molecule has 0 atom stereocenters. The van der Waals surface area contributed by atoms with E-state index < -0.39 is 0 Å². The molecule has 0 radical (unpaired) electrons. The molecule has 0 fully saturated rings. The third-order valence-corrected chi connectivity index (χ3v) is 4.54. The Balaban J connectivity index is 1.44. The zero-order chi connectivity index (χ0) is 19.7. The van der Waals surface area contributed by atoms with Gasteiger partial charge in [-0.2, -0.15) is 5.10 Å². The van der Waals surface area contributed by atoms with Gasteiger partial charge in [0, 0.05) is 24.6 Å². The topological polar surface area (TPSA) is 89.7 Å². The van der Waals surface area contributed by atoms with Crippen LogP contribution in [0, 0.1) is 13.8 Å². The number of fused-ring (bicyclic) bond motifs is 1. The van der Waals surface area contributed by atoms with Crippen molar-refractivity contribution in [1.82, 2.24) is 29.6 Å². The molecule has 4 rings (SSSR count). The highest BCUT2D eigenvalue weighted by atomic mass is 16.2. The van der Waals surface area contributed by atoms with E-state index in [0.29, 0.717) is 12.2 Å². The number of pyridine rings is 1. The van der Waals surface area contributed by atoms with Gasteiger partial charge < -0.3 is 15.2 Å². The fourth-order valence-electron chi connectivity index (χ4n) is 3.20. The van der Waals surface area contributed by atoms with Gasteiger partial charge in [-0.25, -0.2) is 14.5 Å². The molecule has 8 nitrogen and oxygen atoms in total. The van der Waals surface area contributed by atoms with Crippen molar-refractivity contribution >= 4 is 22.8 Å². The van der Waals surface area contributed by atoms with Crippen molar-refractivity contribution in [2.45, 2.75) is 20.4 Å². The van der Waals surface area contributed by atoms with E-state index in [2.05, 4.69) is 25.7 Å². The first-order chi connectivity index (χ1) is 13.5. The van der Waals surface area contributed by atoms with Crippen LogP contribution in [0.4, 0.5) is 10.5 Å². The number of anilines is 1. The molecule has 1 aromatic carbocycles. The smallest absolute Gasteiger partial charge is 0.319 e. The lowest BCUT2D eigenvalue weighted by atomic mass is 10.2. The lowest BCUT2D eigenvalue weighted by molar-refractivity contribution is 0.251. The predicted molar refractivity (Wildman–Crippen MR) is 107 cm³/mol. The molecule has 3 heterocycles. The Hall–Kier alpha value is -3.68. The molecule has 2 N–H and O–H groups in total. The van der Waals surface area contributed by atoms with Gasteiger partial charge in [-0.05, 0) is 44.2 Å². The Morgan fingerprint density at radius 2 is 2.04 bits per heavy atom. The molecule has 0 saturated carbocycles. The summed E-state index contributed by atoms with van der Waals surface area (Å²) in [5, 5.41) is 10.2. The highest BCUT2D eigenvalue weighted by Crippen LogP contribution is 2.17. The number of hydrogen-bond acceptors (Lipinski definition) is 4. The molecular weight excluding hydrogens is 354 g/mol. The first-order valence-corrected chi connectivity index (χ1v) is 8.95. The standard InChI is InChI=1S/C20H21N7O/c1-13-9-14(2)27(25-13)16-6-4-5-15(10-16)23-20(28)22-12-19-24-17-11-21-8-7-18(17)26(19)3/h4-11H,12H2,1-3H3,(H2,22,23,28). The van der Waals surface area contributed by atoms with Gasteiger partial charge in [0.25, 0.3) is 0 Å². The number of amides is 2. The molecule has 28 heavy (non-hydrogen) atoms. The molecule has 0 spiro atoms. The normalized spacial score (nSPS) is 11.0. The minimum atomic E-state index is -0.296. The van der Waals surface area contributed by atoms with Gasteiger partial charge in [-0.15, -0.1) is 0 Å². The Labute approximate surface area is 162 Å². The summed E-state index contributed by atoms with van der Waals surface area (Å²) in [7, 11) is 1.92. The molecular formula is C20H21N7O. The molecule has 0 aliphatic heterocycles. The van der Waals surface area contributed by atoms with Crippen molar-refractivity contribution in [3.05, 3.63) is 66.0 Å². The fourth-order valence-corrected chi connectivity index (χ4v) is 3.20. The summed E-state index contributed by atoms with van der Waals surface area (Å²) in [6.45, 7) is 4.27. The van der Waals surface area contributed by atoms with Crippen LogP contribution in [-0.4, -0.2) is 30.3 Å². The van der Waals surface area contributed by atoms with Gasteiger partial charge in [0.2, 0.25) is 0 Å². The lowest BCUT2D eigenvalue weighted by Crippen LogP contribution is -2.29. The molecule has 0 bridgehead atoms. The van der Waals surface area contributed by atoms with E-state index in [-0.39, 0.29) is 6.03 Å². The third kappa shape index (κ3) is 3.44. The van der Waals surface area contributed by atoms with Crippen molar-refractivity contribution in [1.29, 1.82) is 0 Å². The Morgan fingerprint density at radius 3 is 2.79 bits per heavy atom. The fraction of sp³-hybridized carbons (Fsp3) is 0.200. The second kappa shape index (κ2) is 7.15. The molecule has 0 aliphatic rings. The molecule has 8 heteroatoms. The Morgan fingerprint density at radius 1 is 1.18 bits per heavy atom. The molecule has 0 saturated heterocycles. The molecule has 4 aromatic rings. The van der Waals surface area contributed by atoms with E-state index in [4.69, 9.17) is 0 Å². The van der Waals surface area contributed by atoms with Crippen LogP contribution in [0.5, 0.6) is 0 Å². The van der Waals surface area contributed by atoms with Gasteiger partial charge in [-0.1, -0.05) is 6.07 Å². The first-order valence-electron chi connectivity index (χ1n) is 8.95. The summed E-state index contributed by atoms with van der Waals surface area (Å²) in [4.78, 5) is 20.9. The predicted octanol–water partition coefficient (Wildman–Crippen LogP) is 3.09. The van der Waals surface area contributed by atoms with E-state index in [9.17, 15) is 4.79 Å². The molecule has 2 amide bonds. The molecule has 142 valence electrons. The van der Waals surface area contributed by atoms with Crippen LogP contribution < -0.4 is 10.6 Å². The van der Waals surface area contributed by atoms with Crippen molar-refractivity contribution in [3.63, 3.8) is 0 Å². The van der Waals surface area contributed by atoms with E-state index in [1.54, 1.807) is 12.4 Å². The largest absolute Gasteiger partial charge is 0.331 e. The monoisotopic (exact) mass is 375 g/mol. The number of aromatic nitrogens is 5. The van der Waals surface area contributed by atoms with Gasteiger partial charge in [0.15, 0.2) is 0 Å². The average Bonchev–Trinajstić information content (AvgIpc) is 3.19. The average molecular weight is 375 g/mol. The summed E-state index contributed by atoms with van der Waals surface area (Å²) in [6.07, 6.45) is 3.44. The van der Waals surface area contributed by atoms with Crippen molar-refractivity contribution in [3.8, 4) is 5.69 Å². The van der Waals surface area contributed by atoms with Crippen LogP contribution in [-0.2, 0) is 13.6 Å². The van der Waals surface area contributed by atoms with Gasteiger partial charge in [0.05, 0.1) is 29.6 Å². The van der Waals surface area contributed by atoms with Gasteiger partial charge in [0.1, 0.15) is 11.3 Å². The van der Waals surface area contributed by atoms with Crippen LogP contribution in [0.2, 0.25) is 0 Å². The molecule has 0 aliphatic carbocycles. The maximum Gasteiger partial charge on any atom is 0.319 e. The maximum atomic E-state index is 12.3. The van der Waals surface area contributed by atoms with Crippen LogP contribution in [0.15, 0.2) is 48.8 Å². The number of rotatable bonds is 4. The van der Waals surface area contributed by atoms with E-state index >= 15 is 0 Å². The van der Waals surface area contributed by atoms with Crippen molar-refractivity contribution < 1.29 is 4.79 Å². The number of benzene rings is 1. The molecule has 3 aromatic heterocycles. The Bertz CT molecular complexity index is 1160. The van der Waals surface area contributed by atoms with E-state index in [0.717, 1.165) is 33.9 Å². The minimum Gasteiger partial charge on any atom is -0.331 e. The lowest BCUT2D eigenvalue weighted by Gasteiger charge is -2.10. The first kappa shape index (κ1) is 17.7. The van der Waals surface area contributed by atoms with Crippen LogP contribution >= 0.6 is 0 Å². The number of carbonyl (C=O) groups is 1. The maximum absolute atomic E-state index is 12.3. The second-order valence-corrected chi connectivity index (χ2v) is 6.65. The number of hydrogen-bond donors (Lipinski definition) is 2.